The Kier molecular flexibility index (Phi) is 4.31. The monoisotopic (exact) mass is 200 g/mol. The molecule has 0 aromatic rings. The van der Waals surface area contributed by atoms with Crippen molar-refractivity contribution in [3.8, 4) is 0 Å². The van der Waals surface area contributed by atoms with E-state index in [0.29, 0.717) is 13.1 Å². The first kappa shape index (κ1) is 11.2. The molecule has 0 saturated heterocycles. The number of rotatable bonds is 4. The molecule has 1 rings (SSSR count). The zero-order valence-electron chi connectivity index (χ0n) is 6.12. The third-order valence-electron chi connectivity index (χ3n) is 1.41. The van der Waals surface area contributed by atoms with E-state index in [1.165, 1.54) is 0 Å². The third-order valence-corrected chi connectivity index (χ3v) is 3.37. The lowest BCUT2D eigenvalue weighted by Gasteiger charge is -2.01. The first-order valence-corrected chi connectivity index (χ1v) is 4.90. The highest BCUT2D eigenvalue weighted by atomic mass is 35.5. The molecule has 0 radical (unpaired) electrons. The maximum absolute atomic E-state index is 11.0. The highest BCUT2D eigenvalue weighted by Gasteiger charge is 2.34. The van der Waals surface area contributed by atoms with Crippen molar-refractivity contribution in [2.45, 2.75) is 18.1 Å². The lowest BCUT2D eigenvalue weighted by Crippen LogP contribution is -2.31. The Morgan fingerprint density at radius 1 is 1.45 bits per heavy atom. The Bertz CT molecular complexity index is 201. The molecule has 0 atom stereocenters. The Hall–Kier alpha value is 0.160. The maximum Gasteiger partial charge on any atom is 0.214 e. The van der Waals surface area contributed by atoms with Crippen LogP contribution in [0.3, 0.4) is 0 Å². The minimum atomic E-state index is -2.98. The molecule has 1 aliphatic carbocycles. The Labute approximate surface area is 73.0 Å². The molecule has 4 nitrogen and oxygen atoms in total. The number of nitrogens with two attached hydrogens (primary N) is 1. The van der Waals surface area contributed by atoms with Crippen molar-refractivity contribution in [1.82, 2.24) is 4.72 Å². The van der Waals surface area contributed by atoms with Gasteiger partial charge in [-0.15, -0.1) is 12.4 Å². The number of halogens is 1. The van der Waals surface area contributed by atoms with Gasteiger partial charge in [-0.2, -0.15) is 0 Å². The molecule has 0 aromatic carbocycles. The molecule has 0 heterocycles. The van der Waals surface area contributed by atoms with Crippen LogP contribution in [-0.2, 0) is 10.0 Å². The van der Waals surface area contributed by atoms with Gasteiger partial charge < -0.3 is 5.73 Å². The van der Waals surface area contributed by atoms with Crippen molar-refractivity contribution in [3.63, 3.8) is 0 Å². The van der Waals surface area contributed by atoms with Crippen molar-refractivity contribution in [3.05, 3.63) is 0 Å². The first-order valence-electron chi connectivity index (χ1n) is 3.35. The van der Waals surface area contributed by atoms with E-state index < -0.39 is 10.0 Å². The summed E-state index contributed by atoms with van der Waals surface area (Å²) in [5.74, 6) is 0. The summed E-state index contributed by atoms with van der Waals surface area (Å²) >= 11 is 0. The van der Waals surface area contributed by atoms with Gasteiger partial charge in [0.15, 0.2) is 0 Å². The van der Waals surface area contributed by atoms with Crippen LogP contribution in [0, 0.1) is 0 Å². The van der Waals surface area contributed by atoms with Gasteiger partial charge in [0.1, 0.15) is 0 Å². The van der Waals surface area contributed by atoms with Crippen LogP contribution >= 0.6 is 12.4 Å². The normalized spacial score (nSPS) is 17.5. The molecule has 11 heavy (non-hydrogen) atoms. The summed E-state index contributed by atoms with van der Waals surface area (Å²) < 4.78 is 24.4. The topological polar surface area (TPSA) is 72.2 Å². The third kappa shape index (κ3) is 3.37. The lowest BCUT2D eigenvalue weighted by molar-refractivity contribution is 0.581. The van der Waals surface area contributed by atoms with Gasteiger partial charge in [-0.3, -0.25) is 0 Å². The van der Waals surface area contributed by atoms with Crippen molar-refractivity contribution < 1.29 is 8.42 Å². The molecule has 1 fully saturated rings. The largest absolute Gasteiger partial charge is 0.329 e. The Morgan fingerprint density at radius 3 is 2.36 bits per heavy atom. The molecule has 3 N–H and O–H groups in total. The van der Waals surface area contributed by atoms with Crippen molar-refractivity contribution in [2.24, 2.45) is 5.73 Å². The van der Waals surface area contributed by atoms with Gasteiger partial charge in [0, 0.05) is 13.1 Å². The molecular formula is C5H13ClN2O2S. The highest BCUT2D eigenvalue weighted by molar-refractivity contribution is 7.90. The van der Waals surface area contributed by atoms with Crippen LogP contribution in [0.15, 0.2) is 0 Å². The van der Waals surface area contributed by atoms with E-state index >= 15 is 0 Å². The summed E-state index contributed by atoms with van der Waals surface area (Å²) in [4.78, 5) is 0. The van der Waals surface area contributed by atoms with Gasteiger partial charge >= 0.3 is 0 Å². The molecule has 0 unspecified atom stereocenters. The van der Waals surface area contributed by atoms with Gasteiger partial charge in [-0.1, -0.05) is 0 Å². The average Bonchev–Trinajstić information content (AvgIpc) is 2.64. The molecule has 6 heteroatoms. The summed E-state index contributed by atoms with van der Waals surface area (Å²) in [5, 5.41) is -0.126. The van der Waals surface area contributed by atoms with Crippen LogP contribution in [0.25, 0.3) is 0 Å². The predicted octanol–water partition coefficient (Wildman–Crippen LogP) is -0.551. The minimum Gasteiger partial charge on any atom is -0.329 e. The van der Waals surface area contributed by atoms with Crippen LogP contribution in [-0.4, -0.2) is 26.8 Å². The van der Waals surface area contributed by atoms with Crippen LogP contribution in [0.5, 0.6) is 0 Å². The van der Waals surface area contributed by atoms with Crippen molar-refractivity contribution >= 4 is 22.4 Å². The van der Waals surface area contributed by atoms with Crippen molar-refractivity contribution in [2.75, 3.05) is 13.1 Å². The van der Waals surface area contributed by atoms with Crippen molar-refractivity contribution in [1.29, 1.82) is 0 Å². The summed E-state index contributed by atoms with van der Waals surface area (Å²) in [5.41, 5.74) is 5.13. The van der Waals surface area contributed by atoms with Gasteiger partial charge in [-0.25, -0.2) is 13.1 Å². The Morgan fingerprint density at radius 2 is 2.00 bits per heavy atom. The van der Waals surface area contributed by atoms with Crippen LogP contribution in [0.1, 0.15) is 12.8 Å². The molecule has 0 amide bonds. The maximum atomic E-state index is 11.0. The standard InChI is InChI=1S/C5H12N2O2S.ClH/c6-3-4-7-10(8,9)5-1-2-5;/h5,7H,1-4,6H2;1H. The quantitative estimate of drug-likeness (QED) is 0.640. The Balaban J connectivity index is 0.000001000. The fraction of sp³-hybridized carbons (Fsp3) is 1.00. The molecule has 1 saturated carbocycles. The zero-order chi connectivity index (χ0) is 7.61. The number of nitrogens with one attached hydrogen (secondary N) is 1. The lowest BCUT2D eigenvalue weighted by atomic mass is 10.7. The van der Waals surface area contributed by atoms with Crippen LogP contribution in [0.4, 0.5) is 0 Å². The molecular weight excluding hydrogens is 188 g/mol. The molecule has 68 valence electrons. The van der Waals surface area contributed by atoms with Crippen LogP contribution in [0.2, 0.25) is 0 Å². The zero-order valence-corrected chi connectivity index (χ0v) is 7.75. The molecule has 0 aliphatic heterocycles. The summed E-state index contributed by atoms with van der Waals surface area (Å²) in [7, 11) is -2.98. The second-order valence-corrected chi connectivity index (χ2v) is 4.47. The smallest absolute Gasteiger partial charge is 0.214 e. The van der Waals surface area contributed by atoms with Gasteiger partial charge in [0.05, 0.1) is 5.25 Å². The molecule has 0 aromatic heterocycles. The second-order valence-electron chi connectivity index (χ2n) is 2.43. The minimum absolute atomic E-state index is 0. The fourth-order valence-electron chi connectivity index (χ4n) is 0.697. The van der Waals surface area contributed by atoms with E-state index in [1.807, 2.05) is 0 Å². The van der Waals surface area contributed by atoms with Gasteiger partial charge in [0.25, 0.3) is 0 Å². The SMILES string of the molecule is Cl.NCCNS(=O)(=O)C1CC1. The van der Waals surface area contributed by atoms with Gasteiger partial charge in [-0.05, 0) is 12.8 Å². The van der Waals surface area contributed by atoms with Gasteiger partial charge in [0.2, 0.25) is 10.0 Å². The van der Waals surface area contributed by atoms with E-state index in [1.54, 1.807) is 0 Å². The number of hydrogen-bond donors (Lipinski definition) is 2. The molecule has 0 bridgehead atoms. The highest BCUT2D eigenvalue weighted by Crippen LogP contribution is 2.26. The molecule has 1 aliphatic rings. The van der Waals surface area contributed by atoms with E-state index in [-0.39, 0.29) is 17.7 Å². The van der Waals surface area contributed by atoms with E-state index in [4.69, 9.17) is 5.73 Å². The fourth-order valence-corrected chi connectivity index (χ4v) is 2.09. The second kappa shape index (κ2) is 4.25. The van der Waals surface area contributed by atoms with E-state index in [2.05, 4.69) is 4.72 Å². The van der Waals surface area contributed by atoms with E-state index in [9.17, 15) is 8.42 Å². The summed E-state index contributed by atoms with van der Waals surface area (Å²) in [6.07, 6.45) is 1.61. The predicted molar refractivity (Wildman–Crippen MR) is 46.2 cm³/mol. The number of sulfonamides is 1. The summed E-state index contributed by atoms with van der Waals surface area (Å²) in [6, 6.07) is 0. The average molecular weight is 201 g/mol. The van der Waals surface area contributed by atoms with Crippen LogP contribution < -0.4 is 10.5 Å². The molecule has 0 spiro atoms. The van der Waals surface area contributed by atoms with E-state index in [0.717, 1.165) is 12.8 Å². The number of hydrogen-bond acceptors (Lipinski definition) is 3. The first-order chi connectivity index (χ1) is 4.67. The summed E-state index contributed by atoms with van der Waals surface area (Å²) in [6.45, 7) is 0.727.